The number of carbonyl (C=O) groups is 1. The number of anilines is 1. The summed E-state index contributed by atoms with van der Waals surface area (Å²) in [5, 5.41) is 11.4. The lowest BCUT2D eigenvalue weighted by atomic mass is 10.2. The summed E-state index contributed by atoms with van der Waals surface area (Å²) in [6.45, 7) is 7.13. The number of pyridine rings is 1. The van der Waals surface area contributed by atoms with Crippen molar-refractivity contribution in [2.45, 2.75) is 26.4 Å². The first-order valence-electron chi connectivity index (χ1n) is 7.20. The maximum atomic E-state index is 12.0. The summed E-state index contributed by atoms with van der Waals surface area (Å²) in [6, 6.07) is 1.28. The van der Waals surface area contributed by atoms with E-state index in [1.165, 1.54) is 12.3 Å². The Morgan fingerprint density at radius 1 is 1.35 bits per heavy atom. The highest BCUT2D eigenvalue weighted by molar-refractivity contribution is 6.30. The number of carbonyl (C=O) groups excluding carboxylic acids is 1. The number of ether oxygens (including phenoxy) is 1. The van der Waals surface area contributed by atoms with Crippen molar-refractivity contribution in [1.82, 2.24) is 9.88 Å². The van der Waals surface area contributed by atoms with Gasteiger partial charge in [0.2, 0.25) is 5.82 Å². The van der Waals surface area contributed by atoms with Gasteiger partial charge in [0, 0.05) is 38.4 Å². The zero-order chi connectivity index (χ0) is 17.2. The summed E-state index contributed by atoms with van der Waals surface area (Å²) in [5.41, 5.74) is -0.687. The number of piperazine rings is 1. The SMILES string of the molecule is CC(C)(C)OC(=O)N1CCN(c2ncc(Cl)cc2[N+](=O)[O-])CC1. The quantitative estimate of drug-likeness (QED) is 0.606. The molecule has 0 spiro atoms. The molecule has 0 atom stereocenters. The number of nitro groups is 1. The Kier molecular flexibility index (Phi) is 4.93. The number of aromatic nitrogens is 1. The molecule has 126 valence electrons. The summed E-state index contributed by atoms with van der Waals surface area (Å²) in [4.78, 5) is 30.1. The molecule has 1 saturated heterocycles. The van der Waals surface area contributed by atoms with Crippen LogP contribution in [0.4, 0.5) is 16.3 Å². The fourth-order valence-electron chi connectivity index (χ4n) is 2.23. The van der Waals surface area contributed by atoms with Crippen LogP contribution < -0.4 is 4.90 Å². The summed E-state index contributed by atoms with van der Waals surface area (Å²) >= 11 is 5.77. The van der Waals surface area contributed by atoms with Gasteiger partial charge in [0.15, 0.2) is 0 Å². The monoisotopic (exact) mass is 342 g/mol. The lowest BCUT2D eigenvalue weighted by Gasteiger charge is -2.35. The Labute approximate surface area is 139 Å². The molecule has 1 fully saturated rings. The Balaban J connectivity index is 2.05. The molecule has 0 bridgehead atoms. The first-order chi connectivity index (χ1) is 10.7. The van der Waals surface area contributed by atoms with E-state index in [4.69, 9.17) is 16.3 Å². The second kappa shape index (κ2) is 6.57. The van der Waals surface area contributed by atoms with Crippen LogP contribution in [-0.4, -0.2) is 52.7 Å². The van der Waals surface area contributed by atoms with Gasteiger partial charge in [0.1, 0.15) is 5.60 Å². The Morgan fingerprint density at radius 3 is 2.48 bits per heavy atom. The molecule has 0 aliphatic carbocycles. The van der Waals surface area contributed by atoms with Crippen molar-refractivity contribution >= 4 is 29.2 Å². The average molecular weight is 343 g/mol. The highest BCUT2D eigenvalue weighted by Crippen LogP contribution is 2.29. The van der Waals surface area contributed by atoms with E-state index in [1.54, 1.807) is 9.80 Å². The smallest absolute Gasteiger partial charge is 0.410 e. The van der Waals surface area contributed by atoms with Crippen molar-refractivity contribution in [2.24, 2.45) is 0 Å². The van der Waals surface area contributed by atoms with Gasteiger partial charge in [-0.25, -0.2) is 9.78 Å². The molecular formula is C14H19ClN4O4. The molecule has 0 unspecified atom stereocenters. The van der Waals surface area contributed by atoms with E-state index in [0.29, 0.717) is 26.2 Å². The van der Waals surface area contributed by atoms with Gasteiger partial charge < -0.3 is 14.5 Å². The van der Waals surface area contributed by atoms with Crippen molar-refractivity contribution in [2.75, 3.05) is 31.1 Å². The van der Waals surface area contributed by atoms with Gasteiger partial charge in [0.25, 0.3) is 0 Å². The Morgan fingerprint density at radius 2 is 1.96 bits per heavy atom. The molecule has 1 aromatic heterocycles. The molecule has 8 nitrogen and oxygen atoms in total. The van der Waals surface area contributed by atoms with E-state index in [1.807, 2.05) is 20.8 Å². The predicted molar refractivity (Wildman–Crippen MR) is 85.9 cm³/mol. The third-order valence-electron chi connectivity index (χ3n) is 3.24. The van der Waals surface area contributed by atoms with E-state index in [9.17, 15) is 14.9 Å². The molecule has 2 heterocycles. The average Bonchev–Trinajstić information content (AvgIpc) is 2.45. The number of hydrogen-bond acceptors (Lipinski definition) is 6. The van der Waals surface area contributed by atoms with Crippen LogP contribution in [-0.2, 0) is 4.74 Å². The Hall–Kier alpha value is -2.09. The molecule has 0 saturated carbocycles. The molecule has 1 aliphatic heterocycles. The van der Waals surface area contributed by atoms with Crippen molar-refractivity contribution in [1.29, 1.82) is 0 Å². The maximum Gasteiger partial charge on any atom is 0.410 e. The summed E-state index contributed by atoms with van der Waals surface area (Å²) in [7, 11) is 0. The highest BCUT2D eigenvalue weighted by Gasteiger charge is 2.29. The highest BCUT2D eigenvalue weighted by atomic mass is 35.5. The number of rotatable bonds is 2. The third kappa shape index (κ3) is 4.44. The van der Waals surface area contributed by atoms with Crippen molar-refractivity contribution in [3.8, 4) is 0 Å². The number of nitrogens with zero attached hydrogens (tertiary/aromatic N) is 4. The molecule has 0 radical (unpaired) electrons. The maximum absolute atomic E-state index is 12.0. The minimum atomic E-state index is -0.551. The minimum absolute atomic E-state index is 0.136. The minimum Gasteiger partial charge on any atom is -0.444 e. The second-order valence-electron chi connectivity index (χ2n) is 6.21. The van der Waals surface area contributed by atoms with E-state index >= 15 is 0 Å². The summed E-state index contributed by atoms with van der Waals surface area (Å²) in [5.74, 6) is 0.267. The molecular weight excluding hydrogens is 324 g/mol. The van der Waals surface area contributed by atoms with Gasteiger partial charge >= 0.3 is 11.8 Å². The lowest BCUT2D eigenvalue weighted by molar-refractivity contribution is -0.384. The van der Waals surface area contributed by atoms with E-state index < -0.39 is 10.5 Å². The normalized spacial score (nSPS) is 15.5. The molecule has 1 aliphatic rings. The summed E-state index contributed by atoms with van der Waals surface area (Å²) < 4.78 is 5.32. The van der Waals surface area contributed by atoms with Crippen LogP contribution in [0.5, 0.6) is 0 Å². The number of hydrogen-bond donors (Lipinski definition) is 0. The molecule has 0 aromatic carbocycles. The van der Waals surface area contributed by atoms with Crippen LogP contribution in [0, 0.1) is 10.1 Å². The van der Waals surface area contributed by atoms with Crippen molar-refractivity contribution in [3.05, 3.63) is 27.4 Å². The molecule has 9 heteroatoms. The first kappa shape index (κ1) is 17.3. The first-order valence-corrected chi connectivity index (χ1v) is 7.58. The van der Waals surface area contributed by atoms with Gasteiger partial charge in [-0.2, -0.15) is 0 Å². The molecule has 2 rings (SSSR count). The van der Waals surface area contributed by atoms with Crippen LogP contribution in [0.1, 0.15) is 20.8 Å². The fraction of sp³-hybridized carbons (Fsp3) is 0.571. The number of halogens is 1. The topological polar surface area (TPSA) is 88.8 Å². The van der Waals surface area contributed by atoms with Gasteiger partial charge in [-0.05, 0) is 20.8 Å². The van der Waals surface area contributed by atoms with Gasteiger partial charge in [-0.1, -0.05) is 11.6 Å². The third-order valence-corrected chi connectivity index (χ3v) is 3.45. The molecule has 0 N–H and O–H groups in total. The van der Waals surface area contributed by atoms with E-state index in [0.717, 1.165) is 0 Å². The van der Waals surface area contributed by atoms with Crippen LogP contribution in [0.3, 0.4) is 0 Å². The standard InChI is InChI=1S/C14H19ClN4O4/c1-14(2,3)23-13(20)18-6-4-17(5-7-18)12-11(19(21)22)8-10(15)9-16-12/h8-9H,4-7H2,1-3H3. The van der Waals surface area contributed by atoms with Crippen LogP contribution in [0.25, 0.3) is 0 Å². The van der Waals surface area contributed by atoms with E-state index in [2.05, 4.69) is 4.98 Å². The fourth-order valence-corrected chi connectivity index (χ4v) is 2.38. The lowest BCUT2D eigenvalue weighted by Crippen LogP contribution is -2.50. The summed E-state index contributed by atoms with van der Waals surface area (Å²) in [6.07, 6.45) is 1.00. The van der Waals surface area contributed by atoms with Crippen LogP contribution in [0.15, 0.2) is 12.3 Å². The van der Waals surface area contributed by atoms with Crippen LogP contribution in [0.2, 0.25) is 5.02 Å². The van der Waals surface area contributed by atoms with E-state index in [-0.39, 0.29) is 22.6 Å². The van der Waals surface area contributed by atoms with Gasteiger partial charge in [-0.3, -0.25) is 10.1 Å². The van der Waals surface area contributed by atoms with Crippen molar-refractivity contribution in [3.63, 3.8) is 0 Å². The molecule has 1 amide bonds. The van der Waals surface area contributed by atoms with Gasteiger partial charge in [0.05, 0.1) is 9.95 Å². The molecule has 23 heavy (non-hydrogen) atoms. The van der Waals surface area contributed by atoms with Gasteiger partial charge in [-0.15, -0.1) is 0 Å². The zero-order valence-corrected chi connectivity index (χ0v) is 14.0. The molecule has 1 aromatic rings. The largest absolute Gasteiger partial charge is 0.444 e. The zero-order valence-electron chi connectivity index (χ0n) is 13.3. The Bertz CT molecular complexity index is 609. The van der Waals surface area contributed by atoms with Crippen molar-refractivity contribution < 1.29 is 14.5 Å². The second-order valence-corrected chi connectivity index (χ2v) is 6.64. The predicted octanol–water partition coefficient (Wildman–Crippen LogP) is 2.70. The van der Waals surface area contributed by atoms with Crippen LogP contribution >= 0.6 is 11.6 Å². The number of amides is 1.